The summed E-state index contributed by atoms with van der Waals surface area (Å²) in [6.07, 6.45) is 5.97. The first kappa shape index (κ1) is 14.8. The third-order valence-electron chi connectivity index (χ3n) is 5.14. The molecule has 1 spiro atoms. The Labute approximate surface area is 131 Å². The number of hydrogen-bond acceptors (Lipinski definition) is 3. The van der Waals surface area contributed by atoms with Crippen molar-refractivity contribution in [2.45, 2.75) is 25.8 Å². The number of para-hydroxylation sites is 1. The second-order valence-corrected chi connectivity index (χ2v) is 6.46. The predicted molar refractivity (Wildman–Crippen MR) is 87.8 cm³/mol. The first-order valence-corrected chi connectivity index (χ1v) is 7.69. The second kappa shape index (κ2) is 5.95. The van der Waals surface area contributed by atoms with Crippen LogP contribution in [-0.2, 0) is 6.54 Å². The van der Waals surface area contributed by atoms with Gasteiger partial charge in [-0.3, -0.25) is 10.00 Å². The van der Waals surface area contributed by atoms with Gasteiger partial charge in [-0.1, -0.05) is 18.2 Å². The second-order valence-electron chi connectivity index (χ2n) is 6.46. The van der Waals surface area contributed by atoms with Gasteiger partial charge in [0.05, 0.1) is 11.7 Å². The molecule has 21 heavy (non-hydrogen) atoms. The van der Waals surface area contributed by atoms with Crippen LogP contribution in [0, 0.1) is 5.41 Å². The third kappa shape index (κ3) is 2.80. The lowest BCUT2D eigenvalue weighted by molar-refractivity contribution is 0.194. The van der Waals surface area contributed by atoms with Crippen molar-refractivity contribution in [3.05, 3.63) is 30.0 Å². The van der Waals surface area contributed by atoms with Crippen LogP contribution < -0.4 is 5.32 Å². The van der Waals surface area contributed by atoms with E-state index in [4.69, 9.17) is 0 Å². The number of halogens is 1. The first-order valence-electron chi connectivity index (χ1n) is 7.69. The van der Waals surface area contributed by atoms with Gasteiger partial charge in [-0.2, -0.15) is 5.10 Å². The Hall–Kier alpha value is -1.10. The van der Waals surface area contributed by atoms with Crippen LogP contribution in [0.1, 0.15) is 24.8 Å². The van der Waals surface area contributed by atoms with E-state index in [0.29, 0.717) is 5.41 Å². The van der Waals surface area contributed by atoms with E-state index < -0.39 is 0 Å². The highest BCUT2D eigenvalue weighted by Crippen LogP contribution is 2.39. The van der Waals surface area contributed by atoms with Crippen LogP contribution in [0.25, 0.3) is 10.9 Å². The number of benzene rings is 1. The molecule has 1 aromatic carbocycles. The fourth-order valence-electron chi connectivity index (χ4n) is 3.93. The molecule has 4 nitrogen and oxygen atoms in total. The number of aromatic nitrogens is 2. The van der Waals surface area contributed by atoms with Gasteiger partial charge in [0.2, 0.25) is 0 Å². The van der Waals surface area contributed by atoms with Crippen LogP contribution in [0.4, 0.5) is 0 Å². The van der Waals surface area contributed by atoms with Gasteiger partial charge in [0.25, 0.3) is 0 Å². The summed E-state index contributed by atoms with van der Waals surface area (Å²) in [7, 11) is 0. The molecule has 0 bridgehead atoms. The van der Waals surface area contributed by atoms with E-state index in [2.05, 4.69) is 38.6 Å². The summed E-state index contributed by atoms with van der Waals surface area (Å²) in [6.45, 7) is 5.95. The van der Waals surface area contributed by atoms with Gasteiger partial charge in [-0.15, -0.1) is 12.4 Å². The number of hydrogen-bond donors (Lipinski definition) is 2. The van der Waals surface area contributed by atoms with Crippen molar-refractivity contribution in [3.63, 3.8) is 0 Å². The largest absolute Gasteiger partial charge is 0.317 e. The molecule has 4 rings (SSSR count). The van der Waals surface area contributed by atoms with Gasteiger partial charge >= 0.3 is 0 Å². The molecule has 0 radical (unpaired) electrons. The van der Waals surface area contributed by atoms with E-state index in [-0.39, 0.29) is 12.4 Å². The Morgan fingerprint density at radius 1 is 1.19 bits per heavy atom. The number of aromatic amines is 1. The zero-order chi connectivity index (χ0) is 13.4. The number of rotatable bonds is 2. The number of fused-ring (bicyclic) bond motifs is 1. The molecule has 3 heterocycles. The summed E-state index contributed by atoms with van der Waals surface area (Å²) in [5.74, 6) is 0. The van der Waals surface area contributed by atoms with E-state index in [1.54, 1.807) is 0 Å². The molecule has 0 atom stereocenters. The molecule has 1 aromatic heterocycles. The maximum absolute atomic E-state index is 4.17. The number of nitrogens with zero attached hydrogens (tertiary/aromatic N) is 2. The van der Waals surface area contributed by atoms with Gasteiger partial charge in [0.1, 0.15) is 0 Å². The van der Waals surface area contributed by atoms with E-state index in [1.165, 1.54) is 61.9 Å². The summed E-state index contributed by atoms with van der Waals surface area (Å²) in [5, 5.41) is 12.0. The van der Waals surface area contributed by atoms with Crippen molar-refractivity contribution in [2.75, 3.05) is 26.2 Å². The third-order valence-corrected chi connectivity index (χ3v) is 5.14. The first-order chi connectivity index (χ1) is 9.85. The number of H-pyrrole nitrogens is 1. The highest BCUT2D eigenvalue weighted by atomic mass is 35.5. The predicted octanol–water partition coefficient (Wildman–Crippen LogP) is 2.56. The maximum Gasteiger partial charge on any atom is 0.0695 e. The van der Waals surface area contributed by atoms with E-state index >= 15 is 0 Å². The zero-order valence-electron chi connectivity index (χ0n) is 12.3. The van der Waals surface area contributed by atoms with Crippen molar-refractivity contribution in [3.8, 4) is 0 Å². The quantitative estimate of drug-likeness (QED) is 0.896. The Morgan fingerprint density at radius 2 is 2.05 bits per heavy atom. The average Bonchev–Trinajstić information content (AvgIpc) is 3.08. The lowest BCUT2D eigenvalue weighted by atomic mass is 9.78. The SMILES string of the molecule is Cl.c1cc(CN2CCC3(CCNCC3)C2)c2[nH]ncc2c1. The molecule has 2 aliphatic heterocycles. The topological polar surface area (TPSA) is 44.0 Å². The number of piperidine rings is 1. The van der Waals surface area contributed by atoms with Crippen molar-refractivity contribution in [1.82, 2.24) is 20.4 Å². The fourth-order valence-corrected chi connectivity index (χ4v) is 3.93. The normalized spacial score (nSPS) is 21.7. The molecule has 2 aliphatic rings. The lowest BCUT2D eigenvalue weighted by Gasteiger charge is -2.34. The van der Waals surface area contributed by atoms with Gasteiger partial charge < -0.3 is 5.32 Å². The van der Waals surface area contributed by atoms with Gasteiger partial charge in [-0.25, -0.2) is 0 Å². The molecule has 2 saturated heterocycles. The standard InChI is InChI=1S/C16H22N4.ClH/c1-2-13-10-18-19-15(13)14(3-1)11-20-9-6-16(12-20)4-7-17-8-5-16;/h1-3,10,17H,4-9,11-12H2,(H,18,19);1H. The Bertz CT molecular complexity index is 603. The smallest absolute Gasteiger partial charge is 0.0695 e. The Balaban J connectivity index is 0.00000132. The molecule has 2 N–H and O–H groups in total. The summed E-state index contributed by atoms with van der Waals surface area (Å²) < 4.78 is 0. The van der Waals surface area contributed by atoms with Crippen LogP contribution in [-0.4, -0.2) is 41.3 Å². The summed E-state index contributed by atoms with van der Waals surface area (Å²) in [5.41, 5.74) is 3.18. The minimum atomic E-state index is 0. The van der Waals surface area contributed by atoms with Crippen LogP contribution in [0.3, 0.4) is 0 Å². The van der Waals surface area contributed by atoms with Crippen molar-refractivity contribution >= 4 is 23.3 Å². The molecular formula is C16H23ClN4. The van der Waals surface area contributed by atoms with Crippen molar-refractivity contribution in [2.24, 2.45) is 5.41 Å². The number of nitrogens with one attached hydrogen (secondary N) is 2. The number of likely N-dealkylation sites (tertiary alicyclic amines) is 1. The summed E-state index contributed by atoms with van der Waals surface area (Å²) in [6, 6.07) is 6.50. The summed E-state index contributed by atoms with van der Waals surface area (Å²) in [4.78, 5) is 2.63. The van der Waals surface area contributed by atoms with Crippen LogP contribution >= 0.6 is 12.4 Å². The molecule has 0 saturated carbocycles. The van der Waals surface area contributed by atoms with Gasteiger partial charge in [0.15, 0.2) is 0 Å². The van der Waals surface area contributed by atoms with Crippen LogP contribution in [0.2, 0.25) is 0 Å². The van der Waals surface area contributed by atoms with E-state index in [1.807, 2.05) is 6.20 Å². The van der Waals surface area contributed by atoms with Gasteiger partial charge in [-0.05, 0) is 49.9 Å². The van der Waals surface area contributed by atoms with Crippen molar-refractivity contribution < 1.29 is 0 Å². The van der Waals surface area contributed by atoms with E-state index in [0.717, 1.165) is 6.54 Å². The fraction of sp³-hybridized carbons (Fsp3) is 0.562. The van der Waals surface area contributed by atoms with Crippen LogP contribution in [0.15, 0.2) is 24.4 Å². The minimum absolute atomic E-state index is 0. The highest BCUT2D eigenvalue weighted by Gasteiger charge is 2.38. The average molecular weight is 307 g/mol. The lowest BCUT2D eigenvalue weighted by Crippen LogP contribution is -2.38. The minimum Gasteiger partial charge on any atom is -0.317 e. The maximum atomic E-state index is 4.17. The molecule has 114 valence electrons. The molecule has 0 amide bonds. The Kier molecular flexibility index (Phi) is 4.20. The molecule has 2 aromatic rings. The molecule has 0 unspecified atom stereocenters. The molecule has 5 heteroatoms. The van der Waals surface area contributed by atoms with Crippen molar-refractivity contribution in [1.29, 1.82) is 0 Å². The molecule has 2 fully saturated rings. The monoisotopic (exact) mass is 306 g/mol. The molecular weight excluding hydrogens is 284 g/mol. The van der Waals surface area contributed by atoms with Gasteiger partial charge in [0, 0.05) is 18.5 Å². The van der Waals surface area contributed by atoms with Crippen LogP contribution in [0.5, 0.6) is 0 Å². The zero-order valence-corrected chi connectivity index (χ0v) is 13.1. The highest BCUT2D eigenvalue weighted by molar-refractivity contribution is 5.85. The van der Waals surface area contributed by atoms with E-state index in [9.17, 15) is 0 Å². The summed E-state index contributed by atoms with van der Waals surface area (Å²) >= 11 is 0. The molecule has 0 aliphatic carbocycles. The Morgan fingerprint density at radius 3 is 2.90 bits per heavy atom.